The van der Waals surface area contributed by atoms with E-state index in [1.165, 1.54) is 0 Å². The fourth-order valence-corrected chi connectivity index (χ4v) is 14.8. The van der Waals surface area contributed by atoms with Crippen LogP contribution in [-0.2, 0) is 0 Å². The van der Waals surface area contributed by atoms with Crippen molar-refractivity contribution in [2.24, 2.45) is 0 Å². The van der Waals surface area contributed by atoms with Crippen LogP contribution in [0.25, 0.3) is 181 Å². The van der Waals surface area contributed by atoms with Gasteiger partial charge in [-0.05, 0) is 126 Å². The summed E-state index contributed by atoms with van der Waals surface area (Å²) in [5.41, 5.74) is 18.9. The number of fused-ring (bicyclic) bond motifs is 12. The van der Waals surface area contributed by atoms with Gasteiger partial charge in [-0.2, -0.15) is 0 Å². The van der Waals surface area contributed by atoms with Crippen LogP contribution in [0.1, 0.15) is 0 Å². The summed E-state index contributed by atoms with van der Waals surface area (Å²) >= 11 is 0. The van der Waals surface area contributed by atoms with Crippen LogP contribution in [-0.4, -0.2) is 28.2 Å². The average molecular weight is 1190 g/mol. The molecule has 0 bridgehead atoms. The molecule has 0 N–H and O–H groups in total. The predicted molar refractivity (Wildman–Crippen MR) is 382 cm³/mol. The number of nitrogens with zero attached hydrogens (tertiary/aromatic N) is 6. The van der Waals surface area contributed by atoms with Crippen molar-refractivity contribution >= 4 is 115 Å². The molecule has 20 rings (SSSR count). The van der Waals surface area contributed by atoms with Gasteiger partial charge in [-0.1, -0.05) is 237 Å². The second kappa shape index (κ2) is 20.1. The Morgan fingerprint density at radius 1 is 0.215 bits per heavy atom. The molecule has 6 heterocycles. The molecule has 0 radical (unpaired) electrons. The SMILES string of the molecule is O=c1c2ccc(-c3ccc4c(=O)n5c6cc(-c7ccccc7)cc(-c7ccccc7)c6nc5c5cccc3c45)c3cccc(c32)c2nc3c(-c4ccccc4)cc(-c4ccccc4)cc3n12.O=c1c2ccc(-c3ccccc3)c3cccc(c32)c2nc3ccccc3n12. The van der Waals surface area contributed by atoms with E-state index < -0.39 is 0 Å². The zero-order valence-corrected chi connectivity index (χ0v) is 49.6. The summed E-state index contributed by atoms with van der Waals surface area (Å²) in [6, 6.07) is 98.5. The number of imidazole rings is 3. The van der Waals surface area contributed by atoms with Crippen molar-refractivity contribution in [3.63, 3.8) is 0 Å². The molecule has 0 fully saturated rings. The minimum Gasteiger partial charge on any atom is -0.268 e. The molecule has 0 aliphatic rings. The molecule has 9 nitrogen and oxygen atoms in total. The lowest BCUT2D eigenvalue weighted by Crippen LogP contribution is -2.14. The lowest BCUT2D eigenvalue weighted by atomic mass is 9.90. The first kappa shape index (κ1) is 52.2. The molecule has 14 aromatic carbocycles. The third kappa shape index (κ3) is 7.74. The van der Waals surface area contributed by atoms with Gasteiger partial charge < -0.3 is 0 Å². The van der Waals surface area contributed by atoms with E-state index in [2.05, 4.69) is 152 Å². The van der Waals surface area contributed by atoms with Crippen molar-refractivity contribution in [1.82, 2.24) is 28.2 Å². The van der Waals surface area contributed by atoms with E-state index in [-0.39, 0.29) is 16.7 Å². The Bertz CT molecular complexity index is 6370. The third-order valence-electron chi connectivity index (χ3n) is 19.0. The standard InChI is InChI=1S/C60H34N4O2.C24H14N2O/c65-59-47-29-27-41(43-23-13-25-45(53(43)47)57-61-55-49(37-19-9-3-10-20-37)31-39(33-51(55)63(57)59)35-15-5-1-6-16-35)42-28-30-48-54-44(42)24-14-26-46(54)58-62-56-50(38-21-11-4-12-22-38)32-40(36-17-7-2-8-18-36)34-52(56)64(58)60(48)66;27-24-19-14-13-16(15-7-2-1-3-8-15)17-9-6-10-18(22(17)19)23-25-20-11-4-5-12-21(20)26(23)24/h1-34H;1-14H. The normalized spacial score (nSPS) is 12.0. The summed E-state index contributed by atoms with van der Waals surface area (Å²) in [5.74, 6) is 0. The van der Waals surface area contributed by atoms with E-state index in [0.29, 0.717) is 22.1 Å². The van der Waals surface area contributed by atoms with E-state index >= 15 is 0 Å². The molecule has 0 atom stereocenters. The number of benzene rings is 14. The predicted octanol–water partition coefficient (Wildman–Crippen LogP) is 19.1. The van der Waals surface area contributed by atoms with Crippen molar-refractivity contribution in [2.45, 2.75) is 0 Å². The Morgan fingerprint density at radius 3 is 0.957 bits per heavy atom. The highest BCUT2D eigenvalue weighted by Crippen LogP contribution is 2.44. The molecule has 0 saturated carbocycles. The summed E-state index contributed by atoms with van der Waals surface area (Å²) in [6.07, 6.45) is 0. The van der Waals surface area contributed by atoms with Gasteiger partial charge in [0.15, 0.2) is 0 Å². The average Bonchev–Trinajstić information content (AvgIpc) is 1.67. The largest absolute Gasteiger partial charge is 0.268 e. The van der Waals surface area contributed by atoms with Gasteiger partial charge in [0.1, 0.15) is 16.9 Å². The summed E-state index contributed by atoms with van der Waals surface area (Å²) < 4.78 is 5.35. The van der Waals surface area contributed by atoms with Crippen LogP contribution in [0.3, 0.4) is 0 Å². The first-order valence-corrected chi connectivity index (χ1v) is 31.1. The Hall–Kier alpha value is -12.7. The van der Waals surface area contributed by atoms with E-state index in [0.717, 1.165) is 159 Å². The molecule has 9 heteroatoms. The van der Waals surface area contributed by atoms with Crippen LogP contribution in [0.4, 0.5) is 0 Å². The molecule has 0 aliphatic heterocycles. The van der Waals surface area contributed by atoms with Gasteiger partial charge in [0.2, 0.25) is 0 Å². The number of para-hydroxylation sites is 2. The fraction of sp³-hybridized carbons (Fsp3) is 0. The van der Waals surface area contributed by atoms with Crippen molar-refractivity contribution < 1.29 is 0 Å². The van der Waals surface area contributed by atoms with Crippen LogP contribution in [0, 0.1) is 0 Å². The lowest BCUT2D eigenvalue weighted by Gasteiger charge is -2.15. The molecule has 0 amide bonds. The molecule has 20 aromatic rings. The number of aromatic nitrogens is 6. The maximum atomic E-state index is 15.0. The molecule has 0 aliphatic carbocycles. The Kier molecular flexibility index (Phi) is 11.3. The number of hydrogen-bond donors (Lipinski definition) is 0. The molecule has 6 aromatic heterocycles. The van der Waals surface area contributed by atoms with Gasteiger partial charge >= 0.3 is 0 Å². The molecular formula is C84H48N6O3. The minimum atomic E-state index is -0.112. The van der Waals surface area contributed by atoms with Crippen molar-refractivity contribution in [1.29, 1.82) is 0 Å². The van der Waals surface area contributed by atoms with E-state index in [4.69, 9.17) is 15.0 Å². The van der Waals surface area contributed by atoms with E-state index in [9.17, 15) is 14.4 Å². The van der Waals surface area contributed by atoms with Crippen LogP contribution in [0.15, 0.2) is 306 Å². The van der Waals surface area contributed by atoms with Gasteiger partial charge in [-0.15, -0.1) is 0 Å². The molecular weight excluding hydrogens is 1140 g/mol. The molecule has 0 saturated heterocycles. The quantitative estimate of drug-likeness (QED) is 0.164. The van der Waals surface area contributed by atoms with Gasteiger partial charge in [-0.3, -0.25) is 27.6 Å². The number of hydrogen-bond acceptors (Lipinski definition) is 6. The Morgan fingerprint density at radius 2 is 0.538 bits per heavy atom. The lowest BCUT2D eigenvalue weighted by molar-refractivity contribution is 1.19. The zero-order chi connectivity index (χ0) is 61.6. The highest BCUT2D eigenvalue weighted by atomic mass is 16.1. The summed E-state index contributed by atoms with van der Waals surface area (Å²) in [5, 5.41) is 10.5. The second-order valence-corrected chi connectivity index (χ2v) is 24.0. The van der Waals surface area contributed by atoms with Crippen molar-refractivity contribution in [3.8, 4) is 66.8 Å². The topological polar surface area (TPSA) is 103 Å². The van der Waals surface area contributed by atoms with Gasteiger partial charge in [-0.25, -0.2) is 15.0 Å². The highest BCUT2D eigenvalue weighted by molar-refractivity contribution is 6.25. The van der Waals surface area contributed by atoms with Gasteiger partial charge in [0, 0.05) is 59.6 Å². The molecule has 0 spiro atoms. The summed E-state index contributed by atoms with van der Waals surface area (Å²) in [6.45, 7) is 0. The summed E-state index contributed by atoms with van der Waals surface area (Å²) in [7, 11) is 0. The van der Waals surface area contributed by atoms with Crippen molar-refractivity contribution in [3.05, 3.63) is 322 Å². The first-order chi connectivity index (χ1) is 45.9. The monoisotopic (exact) mass is 1190 g/mol. The van der Waals surface area contributed by atoms with Crippen LogP contribution in [0.2, 0.25) is 0 Å². The molecule has 0 unspecified atom stereocenters. The van der Waals surface area contributed by atoms with Crippen molar-refractivity contribution in [2.75, 3.05) is 0 Å². The molecule has 432 valence electrons. The highest BCUT2D eigenvalue weighted by Gasteiger charge is 2.25. The molecule has 93 heavy (non-hydrogen) atoms. The number of pyridine rings is 3. The first-order valence-electron chi connectivity index (χ1n) is 31.1. The van der Waals surface area contributed by atoms with E-state index in [1.54, 1.807) is 13.2 Å². The van der Waals surface area contributed by atoms with Crippen LogP contribution >= 0.6 is 0 Å². The summed E-state index contributed by atoms with van der Waals surface area (Å²) in [4.78, 5) is 58.7. The van der Waals surface area contributed by atoms with E-state index in [1.807, 2.05) is 140 Å². The fourth-order valence-electron chi connectivity index (χ4n) is 14.8. The maximum absolute atomic E-state index is 15.0. The van der Waals surface area contributed by atoms with Gasteiger partial charge in [0.05, 0.1) is 33.1 Å². The smallest absolute Gasteiger partial charge is 0.264 e. The third-order valence-corrected chi connectivity index (χ3v) is 19.0. The van der Waals surface area contributed by atoms with Gasteiger partial charge in [0.25, 0.3) is 16.7 Å². The zero-order valence-electron chi connectivity index (χ0n) is 49.6. The number of rotatable bonds is 6. The minimum absolute atomic E-state index is 0.0120. The van der Waals surface area contributed by atoms with Crippen LogP contribution in [0.5, 0.6) is 0 Å². The van der Waals surface area contributed by atoms with Crippen LogP contribution < -0.4 is 16.7 Å². The second-order valence-electron chi connectivity index (χ2n) is 24.0. The Labute approximate surface area is 528 Å². The Balaban J connectivity index is 0.000000189. The maximum Gasteiger partial charge on any atom is 0.264 e.